The summed E-state index contributed by atoms with van der Waals surface area (Å²) in [4.78, 5) is 41.4. The highest BCUT2D eigenvalue weighted by atomic mass is 16.6. The Morgan fingerprint density at radius 3 is 2.37 bits per heavy atom. The van der Waals surface area contributed by atoms with Crippen LogP contribution in [0, 0.1) is 50.2 Å². The molecule has 6 rings (SSSR count). The van der Waals surface area contributed by atoms with Crippen molar-refractivity contribution >= 4 is 17.5 Å². The van der Waals surface area contributed by atoms with Crippen LogP contribution in [0.5, 0.6) is 0 Å². The lowest BCUT2D eigenvalue weighted by Gasteiger charge is -2.68. The molecule has 1 N–H and O–H groups in total. The summed E-state index contributed by atoms with van der Waals surface area (Å²) in [5.74, 6) is -1.78. The predicted octanol–water partition coefficient (Wildman–Crippen LogP) is 4.46. The molecule has 2 unspecified atom stereocenters. The Bertz CT molecular complexity index is 1270. The standard InChI is InChI=1S/C31H41NO6/c1-17-29(13-11-24(2,3)4)14-12-26(6)25(5)10-9-18-27(7,19(25)15-20(33)31(17,26)38-23(29)35)22-30(16-32,37-22)21(34)28(18,8)36/h15,17-18,22,36H,9-14H2,1-8H3/t17?,18?,22-,25-,26+,27+,28+,29+,30+,31-/m1/s1. The molecule has 2 aliphatic heterocycles. The molecule has 2 heterocycles. The van der Waals surface area contributed by atoms with Gasteiger partial charge in [0.05, 0.1) is 5.41 Å². The number of carbonyl (C=O) groups is 3. The summed E-state index contributed by atoms with van der Waals surface area (Å²) in [6.07, 6.45) is 5.02. The Labute approximate surface area is 225 Å². The van der Waals surface area contributed by atoms with E-state index < -0.39 is 56.3 Å². The summed E-state index contributed by atoms with van der Waals surface area (Å²) in [6.45, 7) is 16.3. The van der Waals surface area contributed by atoms with Crippen molar-refractivity contribution in [2.45, 2.75) is 117 Å². The minimum Gasteiger partial charge on any atom is -0.449 e. The van der Waals surface area contributed by atoms with Crippen molar-refractivity contribution < 1.29 is 29.0 Å². The van der Waals surface area contributed by atoms with Crippen LogP contribution in [0.3, 0.4) is 0 Å². The summed E-state index contributed by atoms with van der Waals surface area (Å²) in [6, 6.07) is 2.06. The van der Waals surface area contributed by atoms with Gasteiger partial charge in [-0.2, -0.15) is 5.26 Å². The largest absolute Gasteiger partial charge is 0.449 e. The highest BCUT2D eigenvalue weighted by Crippen LogP contribution is 2.78. The van der Waals surface area contributed by atoms with E-state index in [1.54, 1.807) is 6.08 Å². The van der Waals surface area contributed by atoms with Gasteiger partial charge >= 0.3 is 5.97 Å². The maximum atomic E-state index is 14.4. The van der Waals surface area contributed by atoms with Crippen molar-refractivity contribution in [3.05, 3.63) is 11.6 Å². The van der Waals surface area contributed by atoms with Gasteiger partial charge in [-0.05, 0) is 62.4 Å². The fourth-order valence-corrected chi connectivity index (χ4v) is 10.2. The van der Waals surface area contributed by atoms with Crippen molar-refractivity contribution in [2.75, 3.05) is 0 Å². The number of esters is 1. The quantitative estimate of drug-likeness (QED) is 0.419. The molecule has 3 saturated carbocycles. The van der Waals surface area contributed by atoms with Crippen LogP contribution in [-0.4, -0.2) is 45.5 Å². The highest BCUT2D eigenvalue weighted by Gasteiger charge is 2.86. The second-order valence-electron chi connectivity index (χ2n) is 15.3. The molecule has 7 nitrogen and oxygen atoms in total. The van der Waals surface area contributed by atoms with Crippen LogP contribution in [0.2, 0.25) is 0 Å². The topological polar surface area (TPSA) is 117 Å². The van der Waals surface area contributed by atoms with Gasteiger partial charge in [0.2, 0.25) is 11.4 Å². The van der Waals surface area contributed by atoms with E-state index in [2.05, 4.69) is 40.7 Å². The first-order valence-electron chi connectivity index (χ1n) is 14.2. The van der Waals surface area contributed by atoms with Crippen LogP contribution in [0.25, 0.3) is 0 Å². The maximum Gasteiger partial charge on any atom is 0.313 e. The second kappa shape index (κ2) is 6.81. The summed E-state index contributed by atoms with van der Waals surface area (Å²) in [7, 11) is 0. The van der Waals surface area contributed by atoms with Gasteiger partial charge in [0, 0.05) is 22.7 Å². The van der Waals surface area contributed by atoms with Gasteiger partial charge in [0.25, 0.3) is 0 Å². The highest BCUT2D eigenvalue weighted by molar-refractivity contribution is 6.06. The van der Waals surface area contributed by atoms with E-state index in [-0.39, 0.29) is 23.1 Å². The molecule has 0 aromatic heterocycles. The zero-order chi connectivity index (χ0) is 28.1. The lowest BCUT2D eigenvalue weighted by molar-refractivity contribution is -0.204. The lowest BCUT2D eigenvalue weighted by Crippen LogP contribution is -2.72. The van der Waals surface area contributed by atoms with Crippen LogP contribution in [0.1, 0.15) is 93.9 Å². The molecular formula is C31H41NO6. The van der Waals surface area contributed by atoms with Gasteiger partial charge in [0.15, 0.2) is 11.4 Å². The smallest absolute Gasteiger partial charge is 0.313 e. The molecule has 2 saturated heterocycles. The number of carbonyl (C=O) groups excluding carboxylic acids is 3. The molecule has 38 heavy (non-hydrogen) atoms. The first-order valence-corrected chi connectivity index (χ1v) is 14.2. The van der Waals surface area contributed by atoms with Gasteiger partial charge in [0.1, 0.15) is 17.8 Å². The third-order valence-electron chi connectivity index (χ3n) is 12.8. The number of nitriles is 1. The molecular weight excluding hydrogens is 482 g/mol. The van der Waals surface area contributed by atoms with Crippen molar-refractivity contribution in [2.24, 2.45) is 38.9 Å². The number of aliphatic hydroxyl groups is 1. The van der Waals surface area contributed by atoms with Crippen LogP contribution in [0.15, 0.2) is 11.6 Å². The summed E-state index contributed by atoms with van der Waals surface area (Å²) < 4.78 is 12.3. The first-order chi connectivity index (χ1) is 17.4. The maximum absolute atomic E-state index is 14.4. The van der Waals surface area contributed by atoms with E-state index >= 15 is 0 Å². The fourth-order valence-electron chi connectivity index (χ4n) is 10.2. The molecule has 0 radical (unpaired) electrons. The minimum absolute atomic E-state index is 0.0563. The molecule has 5 fully saturated rings. The van der Waals surface area contributed by atoms with Crippen molar-refractivity contribution in [3.8, 4) is 6.07 Å². The first kappa shape index (κ1) is 26.2. The monoisotopic (exact) mass is 523 g/mol. The minimum atomic E-state index is -1.75. The predicted molar refractivity (Wildman–Crippen MR) is 137 cm³/mol. The van der Waals surface area contributed by atoms with E-state index in [0.29, 0.717) is 32.1 Å². The van der Waals surface area contributed by atoms with Crippen LogP contribution in [-0.2, 0) is 23.9 Å². The lowest BCUT2D eigenvalue weighted by atomic mass is 9.34. The van der Waals surface area contributed by atoms with Gasteiger partial charge in [-0.15, -0.1) is 0 Å². The fraction of sp³-hybridized carbons (Fsp3) is 0.806. The molecule has 1 spiro atoms. The normalized spacial score (nSPS) is 54.6. The summed E-state index contributed by atoms with van der Waals surface area (Å²) in [5, 5.41) is 21.5. The van der Waals surface area contributed by atoms with Crippen LogP contribution >= 0.6 is 0 Å². The third kappa shape index (κ3) is 2.44. The zero-order valence-corrected chi connectivity index (χ0v) is 24.0. The van der Waals surface area contributed by atoms with Crippen LogP contribution in [0.4, 0.5) is 0 Å². The number of nitrogens with zero attached hydrogens (tertiary/aromatic N) is 1. The Balaban J connectivity index is 1.51. The molecule has 7 heteroatoms. The molecule has 10 atom stereocenters. The van der Waals surface area contributed by atoms with E-state index in [4.69, 9.17) is 9.47 Å². The third-order valence-corrected chi connectivity index (χ3v) is 12.8. The number of fused-ring (bicyclic) bond motifs is 7. The number of rotatable bonds is 2. The summed E-state index contributed by atoms with van der Waals surface area (Å²) >= 11 is 0. The number of epoxide rings is 1. The van der Waals surface area contributed by atoms with Gasteiger partial charge in [-0.25, -0.2) is 0 Å². The Kier molecular flexibility index (Phi) is 4.69. The van der Waals surface area contributed by atoms with Gasteiger partial charge < -0.3 is 14.6 Å². The van der Waals surface area contributed by atoms with Crippen molar-refractivity contribution in [1.82, 2.24) is 0 Å². The average Bonchev–Trinajstić information content (AvgIpc) is 3.55. The number of ether oxygens (including phenoxy) is 2. The van der Waals surface area contributed by atoms with E-state index in [0.717, 1.165) is 12.0 Å². The van der Waals surface area contributed by atoms with Crippen LogP contribution < -0.4 is 0 Å². The molecule has 2 bridgehead atoms. The average molecular weight is 524 g/mol. The van der Waals surface area contributed by atoms with Crippen molar-refractivity contribution in [3.63, 3.8) is 0 Å². The molecule has 6 aliphatic rings. The molecule has 0 aromatic carbocycles. The van der Waals surface area contributed by atoms with E-state index in [1.165, 1.54) is 6.92 Å². The molecule has 4 aliphatic carbocycles. The van der Waals surface area contributed by atoms with Gasteiger partial charge in [-0.3, -0.25) is 14.4 Å². The Morgan fingerprint density at radius 2 is 1.76 bits per heavy atom. The Morgan fingerprint density at radius 1 is 1.11 bits per heavy atom. The molecule has 206 valence electrons. The van der Waals surface area contributed by atoms with Gasteiger partial charge in [-0.1, -0.05) is 54.0 Å². The second-order valence-corrected chi connectivity index (χ2v) is 15.3. The number of ketones is 2. The number of Topliss-reactive ketones (excluding diaryl/α,β-unsaturated/α-hetero) is 1. The molecule has 0 amide bonds. The Hall–Kier alpha value is -2.04. The molecule has 0 aromatic rings. The zero-order valence-electron chi connectivity index (χ0n) is 24.0. The van der Waals surface area contributed by atoms with E-state index in [1.807, 2.05) is 13.8 Å². The SMILES string of the molecule is CC1[C@]2(CCC(C)(C)C)CC[C@@]3(C)[C@]4(C)CCC5[C@](C)(O)C(=O)[C@]6(C#N)O[C@@H]6[C@]5(C)C4=CC(=O)[C@]13OC2=O. The number of hydrogen-bond acceptors (Lipinski definition) is 7. The van der Waals surface area contributed by atoms with E-state index in [9.17, 15) is 24.8 Å². The van der Waals surface area contributed by atoms with Crippen molar-refractivity contribution in [1.29, 1.82) is 5.26 Å². The number of hydrogen-bond donors (Lipinski definition) is 1. The summed E-state index contributed by atoms with van der Waals surface area (Å²) in [5.41, 5.74) is -6.59.